The van der Waals surface area contributed by atoms with E-state index in [0.717, 1.165) is 25.3 Å². The molecule has 0 fully saturated rings. The molecular weight excluding hydrogens is 164 g/mol. The third-order valence-corrected chi connectivity index (χ3v) is 1.91. The number of hydrogen-bond donors (Lipinski definition) is 0. The van der Waals surface area contributed by atoms with Crippen LogP contribution in [0.3, 0.4) is 0 Å². The van der Waals surface area contributed by atoms with Crippen molar-refractivity contribution in [2.45, 2.75) is 39.8 Å². The van der Waals surface area contributed by atoms with Gasteiger partial charge in [0.25, 0.3) is 0 Å². The van der Waals surface area contributed by atoms with Crippen LogP contribution in [-0.2, 0) is 17.9 Å². The Bertz CT molecular complexity index is 233. The minimum Gasteiger partial charge on any atom is -0.375 e. The van der Waals surface area contributed by atoms with Crippen LogP contribution in [0.5, 0.6) is 0 Å². The first-order chi connectivity index (χ1) is 6.36. The van der Waals surface area contributed by atoms with E-state index in [9.17, 15) is 0 Å². The van der Waals surface area contributed by atoms with E-state index in [1.807, 2.05) is 16.9 Å². The Hall–Kier alpha value is -0.830. The Morgan fingerprint density at radius 2 is 2.31 bits per heavy atom. The average Bonchev–Trinajstić information content (AvgIpc) is 2.60. The lowest BCUT2D eigenvalue weighted by Gasteiger charge is -1.99. The highest BCUT2D eigenvalue weighted by atomic mass is 16.5. The van der Waals surface area contributed by atoms with Gasteiger partial charge in [0, 0.05) is 19.3 Å². The molecule has 0 saturated heterocycles. The first-order valence-corrected chi connectivity index (χ1v) is 4.97. The Kier molecular flexibility index (Phi) is 4.54. The number of ether oxygens (including phenoxy) is 1. The standard InChI is InChI=1S/C10H18N2O/c1-3-5-8-13-9-10-6-7-12(4-2)11-10/h6-7H,3-5,8-9H2,1-2H3. The smallest absolute Gasteiger partial charge is 0.0906 e. The average molecular weight is 182 g/mol. The van der Waals surface area contributed by atoms with Crippen LogP contribution in [-0.4, -0.2) is 16.4 Å². The maximum absolute atomic E-state index is 5.44. The third-order valence-electron chi connectivity index (χ3n) is 1.91. The Labute approximate surface area is 79.7 Å². The Balaban J connectivity index is 2.20. The highest BCUT2D eigenvalue weighted by Crippen LogP contribution is 1.99. The van der Waals surface area contributed by atoms with Crippen LogP contribution in [0.4, 0.5) is 0 Å². The van der Waals surface area contributed by atoms with Gasteiger partial charge in [-0.1, -0.05) is 13.3 Å². The number of hydrogen-bond acceptors (Lipinski definition) is 2. The van der Waals surface area contributed by atoms with Crippen molar-refractivity contribution >= 4 is 0 Å². The second-order valence-electron chi connectivity index (χ2n) is 3.07. The number of unbranched alkanes of at least 4 members (excludes halogenated alkanes) is 1. The Morgan fingerprint density at radius 1 is 1.46 bits per heavy atom. The van der Waals surface area contributed by atoms with Gasteiger partial charge in [-0.25, -0.2) is 0 Å². The fraction of sp³-hybridized carbons (Fsp3) is 0.700. The predicted octanol–water partition coefficient (Wildman–Crippen LogP) is 2.22. The molecular formula is C10H18N2O. The first-order valence-electron chi connectivity index (χ1n) is 4.97. The summed E-state index contributed by atoms with van der Waals surface area (Å²) in [6.07, 6.45) is 4.30. The summed E-state index contributed by atoms with van der Waals surface area (Å²) in [4.78, 5) is 0. The highest BCUT2D eigenvalue weighted by Gasteiger charge is 1.96. The predicted molar refractivity (Wildman–Crippen MR) is 52.5 cm³/mol. The van der Waals surface area contributed by atoms with Crippen LogP contribution in [0.25, 0.3) is 0 Å². The van der Waals surface area contributed by atoms with Crippen LogP contribution in [0, 0.1) is 0 Å². The van der Waals surface area contributed by atoms with E-state index in [4.69, 9.17) is 4.74 Å². The SMILES string of the molecule is CCCCOCc1ccn(CC)n1. The van der Waals surface area contributed by atoms with Gasteiger partial charge in [-0.15, -0.1) is 0 Å². The van der Waals surface area contributed by atoms with Crippen LogP contribution in [0.2, 0.25) is 0 Å². The minimum atomic E-state index is 0.646. The maximum atomic E-state index is 5.44. The van der Waals surface area contributed by atoms with E-state index in [1.54, 1.807) is 0 Å². The number of nitrogens with zero attached hydrogens (tertiary/aromatic N) is 2. The number of aryl methyl sites for hydroxylation is 1. The van der Waals surface area contributed by atoms with Gasteiger partial charge < -0.3 is 4.74 Å². The fourth-order valence-corrected chi connectivity index (χ4v) is 1.08. The van der Waals surface area contributed by atoms with Crippen molar-refractivity contribution in [3.8, 4) is 0 Å². The molecule has 3 heteroatoms. The summed E-state index contributed by atoms with van der Waals surface area (Å²) in [5.41, 5.74) is 1.03. The summed E-state index contributed by atoms with van der Waals surface area (Å²) in [7, 11) is 0. The summed E-state index contributed by atoms with van der Waals surface area (Å²) in [6.45, 7) is 6.65. The van der Waals surface area contributed by atoms with E-state index < -0.39 is 0 Å². The van der Waals surface area contributed by atoms with E-state index in [2.05, 4.69) is 18.9 Å². The molecule has 74 valence electrons. The largest absolute Gasteiger partial charge is 0.375 e. The molecule has 0 aliphatic carbocycles. The van der Waals surface area contributed by atoms with Gasteiger partial charge in [0.2, 0.25) is 0 Å². The maximum Gasteiger partial charge on any atom is 0.0906 e. The van der Waals surface area contributed by atoms with Crippen LogP contribution >= 0.6 is 0 Å². The van der Waals surface area contributed by atoms with Crippen LogP contribution in [0.15, 0.2) is 12.3 Å². The zero-order valence-corrected chi connectivity index (χ0v) is 8.49. The molecule has 3 nitrogen and oxygen atoms in total. The number of aromatic nitrogens is 2. The summed E-state index contributed by atoms with van der Waals surface area (Å²) in [6, 6.07) is 2.01. The van der Waals surface area contributed by atoms with Crippen LogP contribution < -0.4 is 0 Å². The van der Waals surface area contributed by atoms with Gasteiger partial charge >= 0.3 is 0 Å². The molecule has 1 rings (SSSR count). The Morgan fingerprint density at radius 3 is 2.92 bits per heavy atom. The zero-order valence-electron chi connectivity index (χ0n) is 8.49. The molecule has 0 spiro atoms. The molecule has 0 saturated carbocycles. The summed E-state index contributed by atoms with van der Waals surface area (Å²) < 4.78 is 7.36. The van der Waals surface area contributed by atoms with Crippen molar-refractivity contribution in [3.63, 3.8) is 0 Å². The topological polar surface area (TPSA) is 27.1 Å². The monoisotopic (exact) mass is 182 g/mol. The molecule has 0 aliphatic heterocycles. The van der Waals surface area contributed by atoms with E-state index >= 15 is 0 Å². The number of rotatable bonds is 6. The lowest BCUT2D eigenvalue weighted by atomic mass is 10.4. The first kappa shape index (κ1) is 10.3. The van der Waals surface area contributed by atoms with Gasteiger partial charge in [0.15, 0.2) is 0 Å². The van der Waals surface area contributed by atoms with Crippen molar-refractivity contribution in [1.29, 1.82) is 0 Å². The highest BCUT2D eigenvalue weighted by molar-refractivity contribution is 4.96. The lowest BCUT2D eigenvalue weighted by molar-refractivity contribution is 0.115. The molecule has 1 aromatic heterocycles. The van der Waals surface area contributed by atoms with Gasteiger partial charge in [-0.3, -0.25) is 4.68 Å². The van der Waals surface area contributed by atoms with E-state index in [1.165, 1.54) is 6.42 Å². The summed E-state index contributed by atoms with van der Waals surface area (Å²) in [5, 5.41) is 4.32. The molecule has 0 aromatic carbocycles. The molecule has 0 N–H and O–H groups in total. The molecule has 0 unspecified atom stereocenters. The molecule has 0 radical (unpaired) electrons. The van der Waals surface area contributed by atoms with Crippen molar-refractivity contribution in [1.82, 2.24) is 9.78 Å². The van der Waals surface area contributed by atoms with Crippen molar-refractivity contribution in [2.24, 2.45) is 0 Å². The van der Waals surface area contributed by atoms with Gasteiger partial charge in [-0.2, -0.15) is 5.10 Å². The van der Waals surface area contributed by atoms with Crippen molar-refractivity contribution in [2.75, 3.05) is 6.61 Å². The zero-order chi connectivity index (χ0) is 9.52. The van der Waals surface area contributed by atoms with Gasteiger partial charge in [0.1, 0.15) is 0 Å². The molecule has 0 atom stereocenters. The van der Waals surface area contributed by atoms with Crippen LogP contribution in [0.1, 0.15) is 32.4 Å². The summed E-state index contributed by atoms with van der Waals surface area (Å²) >= 11 is 0. The molecule has 0 bridgehead atoms. The second-order valence-corrected chi connectivity index (χ2v) is 3.07. The van der Waals surface area contributed by atoms with Crippen molar-refractivity contribution < 1.29 is 4.74 Å². The molecule has 0 amide bonds. The van der Waals surface area contributed by atoms with Gasteiger partial charge in [0.05, 0.1) is 12.3 Å². The van der Waals surface area contributed by atoms with E-state index in [0.29, 0.717) is 6.61 Å². The fourth-order valence-electron chi connectivity index (χ4n) is 1.08. The molecule has 1 heterocycles. The molecule has 1 aromatic rings. The lowest BCUT2D eigenvalue weighted by Crippen LogP contribution is -1.99. The van der Waals surface area contributed by atoms with Crippen molar-refractivity contribution in [3.05, 3.63) is 18.0 Å². The second kappa shape index (κ2) is 5.75. The molecule has 0 aliphatic rings. The quantitative estimate of drug-likeness (QED) is 0.631. The van der Waals surface area contributed by atoms with E-state index in [-0.39, 0.29) is 0 Å². The normalized spacial score (nSPS) is 10.6. The molecule has 13 heavy (non-hydrogen) atoms. The third kappa shape index (κ3) is 3.59. The summed E-state index contributed by atoms with van der Waals surface area (Å²) in [5.74, 6) is 0. The minimum absolute atomic E-state index is 0.646. The van der Waals surface area contributed by atoms with Gasteiger partial charge in [-0.05, 0) is 19.4 Å².